The third kappa shape index (κ3) is 54.7. The van der Waals surface area contributed by atoms with E-state index in [1.807, 2.05) is 0 Å². The van der Waals surface area contributed by atoms with Crippen molar-refractivity contribution in [2.75, 3.05) is 39.6 Å². The van der Waals surface area contributed by atoms with Crippen molar-refractivity contribution in [2.24, 2.45) is 11.8 Å². The van der Waals surface area contributed by atoms with Gasteiger partial charge < -0.3 is 33.8 Å². The molecule has 3 N–H and O–H groups in total. The van der Waals surface area contributed by atoms with Gasteiger partial charge in [-0.3, -0.25) is 37.3 Å². The molecular formula is C63H122O17P2. The third-order valence-electron chi connectivity index (χ3n) is 15.2. The van der Waals surface area contributed by atoms with E-state index in [9.17, 15) is 43.2 Å². The quantitative estimate of drug-likeness (QED) is 0.0222. The summed E-state index contributed by atoms with van der Waals surface area (Å²) in [6.07, 6.45) is 37.7. The Morgan fingerprint density at radius 3 is 0.866 bits per heavy atom. The second-order valence-corrected chi connectivity index (χ2v) is 26.2. The molecule has 0 rings (SSSR count). The molecule has 0 aliphatic carbocycles. The van der Waals surface area contributed by atoms with Crippen LogP contribution in [-0.4, -0.2) is 96.7 Å². The highest BCUT2D eigenvalue weighted by Gasteiger charge is 2.30. The van der Waals surface area contributed by atoms with Crippen LogP contribution in [0.25, 0.3) is 0 Å². The van der Waals surface area contributed by atoms with Gasteiger partial charge in [-0.1, -0.05) is 260 Å². The molecule has 7 atom stereocenters. The Morgan fingerprint density at radius 1 is 0.341 bits per heavy atom. The molecule has 0 fully saturated rings. The van der Waals surface area contributed by atoms with Gasteiger partial charge >= 0.3 is 39.5 Å². The van der Waals surface area contributed by atoms with E-state index in [-0.39, 0.29) is 25.7 Å². The fourth-order valence-corrected chi connectivity index (χ4v) is 10.9. The number of unbranched alkanes of at least 4 members (excludes halogenated alkanes) is 30. The van der Waals surface area contributed by atoms with Gasteiger partial charge in [0.2, 0.25) is 0 Å². The molecule has 0 aromatic rings. The summed E-state index contributed by atoms with van der Waals surface area (Å²) >= 11 is 0. The first-order chi connectivity index (χ1) is 39.4. The summed E-state index contributed by atoms with van der Waals surface area (Å²) < 4.78 is 67.8. The fourth-order valence-electron chi connectivity index (χ4n) is 9.29. The molecule has 0 saturated carbocycles. The van der Waals surface area contributed by atoms with Crippen LogP contribution in [0.1, 0.15) is 311 Å². The lowest BCUT2D eigenvalue weighted by molar-refractivity contribution is -0.161. The van der Waals surface area contributed by atoms with E-state index in [1.165, 1.54) is 122 Å². The van der Waals surface area contributed by atoms with E-state index in [0.717, 1.165) is 108 Å². The molecule has 4 unspecified atom stereocenters. The molecule has 0 aliphatic rings. The van der Waals surface area contributed by atoms with Gasteiger partial charge in [-0.05, 0) is 37.5 Å². The molecule has 0 radical (unpaired) electrons. The average molecular weight is 1210 g/mol. The van der Waals surface area contributed by atoms with Crippen molar-refractivity contribution in [3.05, 3.63) is 0 Å². The molecule has 0 amide bonds. The number of carbonyl (C=O) groups is 4. The van der Waals surface area contributed by atoms with Crippen LogP contribution in [0, 0.1) is 11.8 Å². The summed E-state index contributed by atoms with van der Waals surface area (Å²) in [7, 11) is -9.88. The number of phosphoric acid groups is 2. The molecule has 82 heavy (non-hydrogen) atoms. The maximum Gasteiger partial charge on any atom is 0.472 e. The lowest BCUT2D eigenvalue weighted by Gasteiger charge is -2.21. The summed E-state index contributed by atoms with van der Waals surface area (Å²) in [6.45, 7) is 9.40. The lowest BCUT2D eigenvalue weighted by atomic mass is 9.99. The number of hydrogen-bond donors (Lipinski definition) is 3. The van der Waals surface area contributed by atoms with E-state index in [2.05, 4.69) is 41.5 Å². The SMILES string of the molecule is CCCCCCCCCCCCCCCC(=O)O[C@H](COC(=O)CCCCCCCCCCC(C)CC)COP(=O)(O)OC[C@@H](O)COP(=O)(O)OC[C@@H](COC(=O)CCCCCCC)OC(=O)CCCCCCCCCCC(C)CC. The van der Waals surface area contributed by atoms with Crippen LogP contribution in [0.3, 0.4) is 0 Å². The first kappa shape index (κ1) is 80.1. The lowest BCUT2D eigenvalue weighted by Crippen LogP contribution is -2.30. The molecule has 0 aliphatic heterocycles. The predicted molar refractivity (Wildman–Crippen MR) is 326 cm³/mol. The third-order valence-corrected chi connectivity index (χ3v) is 17.1. The second kappa shape index (κ2) is 55.6. The number of aliphatic hydroxyl groups is 1. The predicted octanol–water partition coefficient (Wildman–Crippen LogP) is 17.3. The number of ether oxygens (including phenoxy) is 4. The zero-order chi connectivity index (χ0) is 60.8. The Hall–Kier alpha value is -1.94. The monoisotopic (exact) mass is 1210 g/mol. The minimum atomic E-state index is -4.94. The number of rotatable bonds is 62. The molecule has 19 heteroatoms. The molecular weight excluding hydrogens is 1090 g/mol. The Morgan fingerprint density at radius 2 is 0.585 bits per heavy atom. The fraction of sp³-hybridized carbons (Fsp3) is 0.937. The van der Waals surface area contributed by atoms with Crippen molar-refractivity contribution in [3.8, 4) is 0 Å². The van der Waals surface area contributed by atoms with E-state index < -0.39 is 97.5 Å². The standard InChI is InChI=1S/C63H122O17P2/c1-7-11-13-15-16-17-18-19-20-21-29-35-41-47-62(67)80-59(52-74-61(66)46-40-34-28-24-22-26-32-37-43-55(5)9-3)54-78-82(71,72)76-50-57(64)49-75-81(69,70)77-53-58(51-73-60(65)45-39-31-14-12-8-2)79-63(68)48-42-36-30-25-23-27-33-38-44-56(6)10-4/h55-59,64H,7-54H2,1-6H3,(H,69,70)(H,71,72)/t55?,56?,57-,58+,59+/m0/s1. The average Bonchev–Trinajstić information content (AvgIpc) is 3.45. The summed E-state index contributed by atoms with van der Waals surface area (Å²) in [4.78, 5) is 72.0. The minimum Gasteiger partial charge on any atom is -0.462 e. The first-order valence-electron chi connectivity index (χ1n) is 33.1. The number of phosphoric ester groups is 2. The van der Waals surface area contributed by atoms with Crippen LogP contribution in [0.2, 0.25) is 0 Å². The number of esters is 4. The minimum absolute atomic E-state index is 0.104. The first-order valence-corrected chi connectivity index (χ1v) is 36.1. The van der Waals surface area contributed by atoms with Crippen molar-refractivity contribution in [1.82, 2.24) is 0 Å². The van der Waals surface area contributed by atoms with E-state index in [1.54, 1.807) is 0 Å². The van der Waals surface area contributed by atoms with Gasteiger partial charge in [-0.2, -0.15) is 0 Å². The highest BCUT2D eigenvalue weighted by molar-refractivity contribution is 7.47. The molecule has 486 valence electrons. The van der Waals surface area contributed by atoms with E-state index >= 15 is 0 Å². The Labute approximate surface area is 498 Å². The molecule has 0 spiro atoms. The van der Waals surface area contributed by atoms with Crippen LogP contribution in [0.4, 0.5) is 0 Å². The summed E-state index contributed by atoms with van der Waals surface area (Å²) in [6, 6.07) is 0. The Balaban J connectivity index is 5.19. The van der Waals surface area contributed by atoms with Gasteiger partial charge in [0.15, 0.2) is 12.2 Å². The highest BCUT2D eigenvalue weighted by Crippen LogP contribution is 2.45. The Kier molecular flexibility index (Phi) is 54.3. The molecule has 17 nitrogen and oxygen atoms in total. The maximum absolute atomic E-state index is 13.0. The summed E-state index contributed by atoms with van der Waals surface area (Å²) in [5, 5.41) is 10.5. The zero-order valence-electron chi connectivity index (χ0n) is 52.8. The largest absolute Gasteiger partial charge is 0.472 e. The van der Waals surface area contributed by atoms with Crippen molar-refractivity contribution >= 4 is 39.5 Å². The Bertz CT molecular complexity index is 1620. The number of carbonyl (C=O) groups excluding carboxylic acids is 4. The summed E-state index contributed by atoms with van der Waals surface area (Å²) in [5.74, 6) is -0.598. The van der Waals surface area contributed by atoms with Crippen LogP contribution in [-0.2, 0) is 65.4 Å². The van der Waals surface area contributed by atoms with E-state index in [4.69, 9.17) is 37.0 Å². The molecule has 0 aromatic heterocycles. The van der Waals surface area contributed by atoms with Crippen LogP contribution < -0.4 is 0 Å². The zero-order valence-corrected chi connectivity index (χ0v) is 54.6. The van der Waals surface area contributed by atoms with Gasteiger partial charge in [0, 0.05) is 25.7 Å². The van der Waals surface area contributed by atoms with Crippen LogP contribution in [0.5, 0.6) is 0 Å². The van der Waals surface area contributed by atoms with Gasteiger partial charge in [0.25, 0.3) is 0 Å². The second-order valence-electron chi connectivity index (χ2n) is 23.3. The van der Waals surface area contributed by atoms with Gasteiger partial charge in [0.1, 0.15) is 19.3 Å². The van der Waals surface area contributed by atoms with E-state index in [0.29, 0.717) is 25.7 Å². The number of aliphatic hydroxyl groups excluding tert-OH is 1. The van der Waals surface area contributed by atoms with Crippen molar-refractivity contribution in [1.29, 1.82) is 0 Å². The molecule has 0 saturated heterocycles. The molecule has 0 heterocycles. The molecule has 0 aromatic carbocycles. The number of hydrogen-bond acceptors (Lipinski definition) is 15. The van der Waals surface area contributed by atoms with Gasteiger partial charge in [-0.25, -0.2) is 9.13 Å². The summed E-state index contributed by atoms with van der Waals surface area (Å²) in [5.41, 5.74) is 0. The highest BCUT2D eigenvalue weighted by atomic mass is 31.2. The van der Waals surface area contributed by atoms with Crippen molar-refractivity contribution < 1.29 is 80.2 Å². The van der Waals surface area contributed by atoms with Gasteiger partial charge in [0.05, 0.1) is 26.4 Å². The van der Waals surface area contributed by atoms with Crippen LogP contribution >= 0.6 is 15.6 Å². The normalized spacial score (nSPS) is 15.0. The topological polar surface area (TPSA) is 237 Å². The van der Waals surface area contributed by atoms with Crippen LogP contribution in [0.15, 0.2) is 0 Å². The van der Waals surface area contributed by atoms with Gasteiger partial charge in [-0.15, -0.1) is 0 Å². The maximum atomic E-state index is 13.0. The smallest absolute Gasteiger partial charge is 0.462 e. The van der Waals surface area contributed by atoms with Crippen molar-refractivity contribution in [2.45, 2.75) is 330 Å². The molecule has 0 bridgehead atoms. The van der Waals surface area contributed by atoms with Crippen molar-refractivity contribution in [3.63, 3.8) is 0 Å².